The van der Waals surface area contributed by atoms with Gasteiger partial charge in [-0.25, -0.2) is 0 Å². The van der Waals surface area contributed by atoms with E-state index >= 15 is 0 Å². The highest BCUT2D eigenvalue weighted by atomic mass is 16.5. The van der Waals surface area contributed by atoms with Crippen LogP contribution in [0, 0.1) is 34.5 Å². The predicted molar refractivity (Wildman–Crippen MR) is 180 cm³/mol. The average Bonchev–Trinajstić information content (AvgIpc) is 3.08. The minimum Gasteiger partial charge on any atom is -0.378 e. The Morgan fingerprint density at radius 1 is 0.455 bits per heavy atom. The van der Waals surface area contributed by atoms with Gasteiger partial charge in [-0.15, -0.1) is 0 Å². The monoisotopic (exact) mass is 613 g/mol. The van der Waals surface area contributed by atoms with Crippen molar-refractivity contribution < 1.29 is 19.1 Å². The lowest BCUT2D eigenvalue weighted by Crippen LogP contribution is -2.68. The molecule has 2 spiro atoms. The first kappa shape index (κ1) is 34.6. The second-order valence-electron chi connectivity index (χ2n) is 16.1. The van der Waals surface area contributed by atoms with Crippen LogP contribution < -0.4 is 0 Å². The van der Waals surface area contributed by atoms with E-state index in [1.807, 2.05) is 0 Å². The molecule has 0 amide bonds. The number of Topliss-reactive ketones (excluding diaryl/α,β-unsaturated/α-hetero) is 2. The highest BCUT2D eigenvalue weighted by Gasteiger charge is 2.71. The van der Waals surface area contributed by atoms with Crippen molar-refractivity contribution in [3.05, 3.63) is 0 Å². The Bertz CT molecular complexity index is 776. The molecule has 0 aromatic heterocycles. The van der Waals surface area contributed by atoms with Crippen molar-refractivity contribution in [1.29, 1.82) is 0 Å². The summed E-state index contributed by atoms with van der Waals surface area (Å²) in [6.07, 6.45) is 31.6. The van der Waals surface area contributed by atoms with Gasteiger partial charge in [0.05, 0.1) is 23.0 Å². The zero-order valence-corrected chi connectivity index (χ0v) is 28.9. The molecule has 0 atom stereocenters. The number of carbonyl (C=O) groups excluding carboxylic acids is 2. The summed E-state index contributed by atoms with van der Waals surface area (Å²) < 4.78 is 12.5. The lowest BCUT2D eigenvalue weighted by Gasteiger charge is -2.58. The van der Waals surface area contributed by atoms with Crippen molar-refractivity contribution in [2.75, 3.05) is 13.2 Å². The first-order valence-electron chi connectivity index (χ1n) is 19.9. The van der Waals surface area contributed by atoms with Crippen LogP contribution in [0.1, 0.15) is 181 Å². The Morgan fingerprint density at radius 2 is 0.773 bits per heavy atom. The molecule has 4 heteroatoms. The maximum absolute atomic E-state index is 13.9. The maximum atomic E-state index is 13.9. The molecule has 0 bridgehead atoms. The van der Waals surface area contributed by atoms with E-state index in [4.69, 9.17) is 9.47 Å². The lowest BCUT2D eigenvalue weighted by atomic mass is 9.41. The van der Waals surface area contributed by atoms with E-state index in [9.17, 15) is 9.59 Å². The molecule has 5 saturated carbocycles. The fourth-order valence-electron chi connectivity index (χ4n) is 10.5. The Morgan fingerprint density at radius 3 is 1.11 bits per heavy atom. The van der Waals surface area contributed by atoms with E-state index in [-0.39, 0.29) is 0 Å². The molecule has 0 aromatic carbocycles. The van der Waals surface area contributed by atoms with Crippen LogP contribution in [0.3, 0.4) is 0 Å². The molecule has 5 aliphatic rings. The molecule has 5 rings (SSSR count). The molecule has 44 heavy (non-hydrogen) atoms. The van der Waals surface area contributed by atoms with Crippen molar-refractivity contribution in [3.8, 4) is 0 Å². The quantitative estimate of drug-likeness (QED) is 0.129. The third-order valence-corrected chi connectivity index (χ3v) is 13.5. The predicted octanol–water partition coefficient (Wildman–Crippen LogP) is 10.6. The summed E-state index contributed by atoms with van der Waals surface area (Å²) in [6, 6.07) is 0. The normalized spacial score (nSPS) is 37.9. The molecule has 252 valence electrons. The Balaban J connectivity index is 0.972. The van der Waals surface area contributed by atoms with Gasteiger partial charge in [0.25, 0.3) is 0 Å². The lowest BCUT2D eigenvalue weighted by molar-refractivity contribution is -0.179. The van der Waals surface area contributed by atoms with Gasteiger partial charge in [0.15, 0.2) is 11.6 Å². The van der Waals surface area contributed by atoms with Crippen molar-refractivity contribution in [1.82, 2.24) is 0 Å². The molecule has 5 fully saturated rings. The number of ketones is 2. The number of carbonyl (C=O) groups is 2. The summed E-state index contributed by atoms with van der Waals surface area (Å²) in [5.41, 5.74) is -1.18. The summed E-state index contributed by atoms with van der Waals surface area (Å²) in [5, 5.41) is 0. The van der Waals surface area contributed by atoms with Gasteiger partial charge in [-0.05, 0) is 139 Å². The molecule has 0 heterocycles. The van der Waals surface area contributed by atoms with E-state index in [1.54, 1.807) is 0 Å². The zero-order valence-electron chi connectivity index (χ0n) is 28.9. The Kier molecular flexibility index (Phi) is 13.3. The van der Waals surface area contributed by atoms with E-state index in [2.05, 4.69) is 13.8 Å². The third-order valence-electron chi connectivity index (χ3n) is 13.5. The second kappa shape index (κ2) is 16.9. The van der Waals surface area contributed by atoms with E-state index in [0.29, 0.717) is 35.6 Å². The van der Waals surface area contributed by atoms with Crippen LogP contribution in [0.4, 0.5) is 0 Å². The summed E-state index contributed by atoms with van der Waals surface area (Å²) in [4.78, 5) is 27.8. The van der Waals surface area contributed by atoms with Crippen LogP contribution in [0.25, 0.3) is 0 Å². The standard InChI is InChI=1S/C40H68O4/c1-3-5-7-9-11-29-43-35-17-13-31(14-18-35)33-21-25-39(26-22-33)37(41)40(38(39)42)27-23-34(24-28-40)32-15-19-36(20-16-32)44-30-12-10-8-6-4-2/h31-36H,3-30H2,1-2H3. The third kappa shape index (κ3) is 8.03. The number of hydrogen-bond donors (Lipinski definition) is 0. The minimum atomic E-state index is -0.590. The van der Waals surface area contributed by atoms with Crippen molar-refractivity contribution in [2.24, 2.45) is 34.5 Å². The first-order chi connectivity index (χ1) is 21.5. The molecule has 0 saturated heterocycles. The van der Waals surface area contributed by atoms with Gasteiger partial charge in [0, 0.05) is 13.2 Å². The van der Waals surface area contributed by atoms with Gasteiger partial charge in [-0.3, -0.25) is 9.59 Å². The fourth-order valence-corrected chi connectivity index (χ4v) is 10.5. The Labute approximate surface area is 270 Å². The highest BCUT2D eigenvalue weighted by molar-refractivity contribution is 6.30. The largest absolute Gasteiger partial charge is 0.378 e. The van der Waals surface area contributed by atoms with Gasteiger partial charge >= 0.3 is 0 Å². The van der Waals surface area contributed by atoms with Crippen molar-refractivity contribution >= 4 is 11.6 Å². The fraction of sp³-hybridized carbons (Fsp3) is 0.950. The van der Waals surface area contributed by atoms with Crippen LogP contribution in [0.15, 0.2) is 0 Å². The minimum absolute atomic E-state index is 0.374. The molecule has 5 aliphatic carbocycles. The molecule has 0 unspecified atom stereocenters. The number of hydrogen-bond acceptors (Lipinski definition) is 4. The van der Waals surface area contributed by atoms with Crippen molar-refractivity contribution in [3.63, 3.8) is 0 Å². The van der Waals surface area contributed by atoms with Gasteiger partial charge in [0.1, 0.15) is 0 Å². The van der Waals surface area contributed by atoms with Gasteiger partial charge < -0.3 is 9.47 Å². The molecule has 0 aromatic rings. The molecular formula is C40H68O4. The molecular weight excluding hydrogens is 544 g/mol. The van der Waals surface area contributed by atoms with Crippen LogP contribution in [-0.2, 0) is 19.1 Å². The smallest absolute Gasteiger partial charge is 0.159 e. The van der Waals surface area contributed by atoms with Gasteiger partial charge in [-0.2, -0.15) is 0 Å². The van der Waals surface area contributed by atoms with Crippen LogP contribution in [0.2, 0.25) is 0 Å². The molecule has 4 nitrogen and oxygen atoms in total. The SMILES string of the molecule is CCCCCCCOC1CCC(C2CCC3(CC2)C(=O)C2(CCC(C4CCC(OCCCCCCC)CC4)CC2)C3=O)CC1. The van der Waals surface area contributed by atoms with E-state index in [1.165, 1.54) is 116 Å². The summed E-state index contributed by atoms with van der Waals surface area (Å²) in [5.74, 6) is 3.72. The number of unbranched alkanes of at least 4 members (excludes halogenated alkanes) is 8. The van der Waals surface area contributed by atoms with E-state index < -0.39 is 10.8 Å². The zero-order chi connectivity index (χ0) is 30.8. The van der Waals surface area contributed by atoms with Crippen molar-refractivity contribution in [2.45, 2.75) is 193 Å². The maximum Gasteiger partial charge on any atom is 0.159 e. The summed E-state index contributed by atoms with van der Waals surface area (Å²) in [7, 11) is 0. The van der Waals surface area contributed by atoms with E-state index in [0.717, 1.165) is 76.4 Å². The van der Waals surface area contributed by atoms with Crippen LogP contribution in [0.5, 0.6) is 0 Å². The molecule has 0 N–H and O–H groups in total. The first-order valence-corrected chi connectivity index (χ1v) is 19.9. The van der Waals surface area contributed by atoms with Gasteiger partial charge in [-0.1, -0.05) is 65.2 Å². The number of rotatable bonds is 16. The highest BCUT2D eigenvalue weighted by Crippen LogP contribution is 2.62. The average molecular weight is 613 g/mol. The molecule has 0 aliphatic heterocycles. The topological polar surface area (TPSA) is 52.6 Å². The molecule has 0 radical (unpaired) electrons. The van der Waals surface area contributed by atoms with Crippen LogP contribution >= 0.6 is 0 Å². The summed E-state index contributed by atoms with van der Waals surface area (Å²) >= 11 is 0. The van der Waals surface area contributed by atoms with Gasteiger partial charge in [0.2, 0.25) is 0 Å². The van der Waals surface area contributed by atoms with Crippen LogP contribution in [-0.4, -0.2) is 37.0 Å². The second-order valence-corrected chi connectivity index (χ2v) is 16.1. The summed E-state index contributed by atoms with van der Waals surface area (Å²) in [6.45, 7) is 6.41. The number of ether oxygens (including phenoxy) is 2. The Hall–Kier alpha value is -0.740.